The molecule has 1 N–H and O–H groups in total. The molecule has 0 saturated carbocycles. The van der Waals surface area contributed by atoms with Crippen LogP contribution in [0.2, 0.25) is 0 Å². The fourth-order valence-electron chi connectivity index (χ4n) is 1.53. The summed E-state index contributed by atoms with van der Waals surface area (Å²) in [5, 5.41) is 3.60. The fraction of sp³-hybridized carbons (Fsp3) is 1.00. The Morgan fingerprint density at radius 1 is 1.07 bits per heavy atom. The molecule has 2 heteroatoms. The third-order valence-corrected chi connectivity index (χ3v) is 3.13. The average molecular weight is 214 g/mol. The number of unbranched alkanes of at least 4 members (excludes halogenated alkanes) is 3. The lowest BCUT2D eigenvalue weighted by molar-refractivity contribution is 0.292. The Labute approximate surface area is 96.4 Å². The van der Waals surface area contributed by atoms with Crippen molar-refractivity contribution in [3.8, 4) is 0 Å². The van der Waals surface area contributed by atoms with Crippen molar-refractivity contribution in [1.29, 1.82) is 0 Å². The summed E-state index contributed by atoms with van der Waals surface area (Å²) in [7, 11) is 4.27. The smallest absolute Gasteiger partial charge is 0.0186 e. The molecule has 0 amide bonds. The van der Waals surface area contributed by atoms with E-state index >= 15 is 0 Å². The quantitative estimate of drug-likeness (QED) is 0.594. The number of nitrogens with one attached hydrogen (secondary N) is 1. The first-order chi connectivity index (χ1) is 7.07. The van der Waals surface area contributed by atoms with Crippen molar-refractivity contribution >= 4 is 0 Å². The standard InChI is InChI=1S/C13H30N2/c1-6-7-8-9-10-12(2)14-11-13(3)15(4)5/h12-14H,6-11H2,1-5H3. The highest BCUT2D eigenvalue weighted by molar-refractivity contribution is 4.67. The summed E-state index contributed by atoms with van der Waals surface area (Å²) >= 11 is 0. The van der Waals surface area contributed by atoms with Crippen molar-refractivity contribution in [2.75, 3.05) is 20.6 Å². The predicted octanol–water partition coefficient (Wildman–Crippen LogP) is 2.89. The highest BCUT2D eigenvalue weighted by Gasteiger charge is 2.06. The van der Waals surface area contributed by atoms with Crippen LogP contribution in [0, 0.1) is 0 Å². The molecule has 92 valence electrons. The molecule has 0 spiro atoms. The highest BCUT2D eigenvalue weighted by Crippen LogP contribution is 2.05. The molecule has 0 bridgehead atoms. The maximum Gasteiger partial charge on any atom is 0.0186 e. The van der Waals surface area contributed by atoms with Crippen LogP contribution in [-0.2, 0) is 0 Å². The lowest BCUT2D eigenvalue weighted by Crippen LogP contribution is -2.39. The largest absolute Gasteiger partial charge is 0.313 e. The van der Waals surface area contributed by atoms with Crippen LogP contribution < -0.4 is 5.32 Å². The zero-order valence-electron chi connectivity index (χ0n) is 11.3. The zero-order valence-corrected chi connectivity index (χ0v) is 11.3. The maximum absolute atomic E-state index is 3.60. The fourth-order valence-corrected chi connectivity index (χ4v) is 1.53. The number of rotatable bonds is 9. The molecule has 0 aromatic rings. The van der Waals surface area contributed by atoms with Gasteiger partial charge in [0.2, 0.25) is 0 Å². The zero-order chi connectivity index (χ0) is 11.7. The second kappa shape index (κ2) is 9.17. The lowest BCUT2D eigenvalue weighted by Gasteiger charge is -2.22. The number of likely N-dealkylation sites (N-methyl/N-ethyl adjacent to an activating group) is 1. The topological polar surface area (TPSA) is 15.3 Å². The van der Waals surface area contributed by atoms with Gasteiger partial charge >= 0.3 is 0 Å². The first-order valence-corrected chi connectivity index (χ1v) is 6.47. The maximum atomic E-state index is 3.60. The van der Waals surface area contributed by atoms with Crippen LogP contribution in [0.25, 0.3) is 0 Å². The van der Waals surface area contributed by atoms with Crippen LogP contribution in [0.3, 0.4) is 0 Å². The summed E-state index contributed by atoms with van der Waals surface area (Å²) in [6, 6.07) is 1.30. The molecular weight excluding hydrogens is 184 g/mol. The minimum Gasteiger partial charge on any atom is -0.313 e. The van der Waals surface area contributed by atoms with E-state index in [-0.39, 0.29) is 0 Å². The number of hydrogen-bond donors (Lipinski definition) is 1. The van der Waals surface area contributed by atoms with Gasteiger partial charge in [-0.15, -0.1) is 0 Å². The Kier molecular flexibility index (Phi) is 9.12. The van der Waals surface area contributed by atoms with E-state index in [1.165, 1.54) is 32.1 Å². The van der Waals surface area contributed by atoms with Gasteiger partial charge in [-0.2, -0.15) is 0 Å². The molecule has 0 fully saturated rings. The van der Waals surface area contributed by atoms with Gasteiger partial charge in [0.05, 0.1) is 0 Å². The van der Waals surface area contributed by atoms with Crippen molar-refractivity contribution in [2.24, 2.45) is 0 Å². The summed E-state index contributed by atoms with van der Waals surface area (Å²) in [6.45, 7) is 7.92. The van der Waals surface area contributed by atoms with Crippen LogP contribution in [-0.4, -0.2) is 37.6 Å². The molecule has 0 rings (SSSR count). The van der Waals surface area contributed by atoms with Gasteiger partial charge in [0.1, 0.15) is 0 Å². The average Bonchev–Trinajstić information content (AvgIpc) is 2.20. The summed E-state index contributed by atoms with van der Waals surface area (Å²) in [6.07, 6.45) is 6.81. The summed E-state index contributed by atoms with van der Waals surface area (Å²) < 4.78 is 0. The van der Waals surface area contributed by atoms with E-state index < -0.39 is 0 Å². The van der Waals surface area contributed by atoms with Crippen LogP contribution in [0.5, 0.6) is 0 Å². The predicted molar refractivity (Wildman–Crippen MR) is 69.4 cm³/mol. The van der Waals surface area contributed by atoms with Gasteiger partial charge in [0.15, 0.2) is 0 Å². The van der Waals surface area contributed by atoms with Crippen LogP contribution in [0.1, 0.15) is 52.9 Å². The van der Waals surface area contributed by atoms with Crippen LogP contribution in [0.4, 0.5) is 0 Å². The number of hydrogen-bond acceptors (Lipinski definition) is 2. The molecule has 15 heavy (non-hydrogen) atoms. The van der Waals surface area contributed by atoms with E-state index in [9.17, 15) is 0 Å². The molecule has 0 aliphatic heterocycles. The Bertz CT molecular complexity index is 134. The minimum absolute atomic E-state index is 0.628. The molecule has 2 atom stereocenters. The number of nitrogens with zero attached hydrogens (tertiary/aromatic N) is 1. The second-order valence-electron chi connectivity index (χ2n) is 4.97. The summed E-state index contributed by atoms with van der Waals surface area (Å²) in [5.74, 6) is 0. The van der Waals surface area contributed by atoms with E-state index in [1.807, 2.05) is 0 Å². The van der Waals surface area contributed by atoms with Gasteiger partial charge in [-0.05, 0) is 34.4 Å². The van der Waals surface area contributed by atoms with E-state index in [0.29, 0.717) is 12.1 Å². The van der Waals surface area contributed by atoms with Crippen molar-refractivity contribution < 1.29 is 0 Å². The first kappa shape index (κ1) is 14.9. The molecule has 2 nitrogen and oxygen atoms in total. The monoisotopic (exact) mass is 214 g/mol. The van der Waals surface area contributed by atoms with Crippen molar-refractivity contribution in [3.63, 3.8) is 0 Å². The van der Waals surface area contributed by atoms with E-state index in [0.717, 1.165) is 6.54 Å². The van der Waals surface area contributed by atoms with Crippen molar-refractivity contribution in [1.82, 2.24) is 10.2 Å². The van der Waals surface area contributed by atoms with E-state index in [2.05, 4.69) is 45.1 Å². The Balaban J connectivity index is 3.36. The molecule has 2 unspecified atom stereocenters. The van der Waals surface area contributed by atoms with Crippen molar-refractivity contribution in [2.45, 2.75) is 65.0 Å². The molecule has 0 aromatic carbocycles. The van der Waals surface area contributed by atoms with Gasteiger partial charge < -0.3 is 10.2 Å². The van der Waals surface area contributed by atoms with Gasteiger partial charge in [0, 0.05) is 18.6 Å². The lowest BCUT2D eigenvalue weighted by atomic mass is 10.1. The molecule has 0 heterocycles. The summed E-state index contributed by atoms with van der Waals surface area (Å²) in [5.41, 5.74) is 0. The van der Waals surface area contributed by atoms with E-state index in [1.54, 1.807) is 0 Å². The normalized spacial score (nSPS) is 15.6. The van der Waals surface area contributed by atoms with Crippen molar-refractivity contribution in [3.05, 3.63) is 0 Å². The van der Waals surface area contributed by atoms with Gasteiger partial charge in [-0.25, -0.2) is 0 Å². The highest BCUT2D eigenvalue weighted by atomic mass is 15.1. The van der Waals surface area contributed by atoms with Crippen LogP contribution >= 0.6 is 0 Å². The van der Waals surface area contributed by atoms with E-state index in [4.69, 9.17) is 0 Å². The SMILES string of the molecule is CCCCCCC(C)NCC(C)N(C)C. The molecule has 0 aliphatic carbocycles. The molecule has 0 aromatic heterocycles. The second-order valence-corrected chi connectivity index (χ2v) is 4.97. The first-order valence-electron chi connectivity index (χ1n) is 6.47. The molecule has 0 aliphatic rings. The van der Waals surface area contributed by atoms with Gasteiger partial charge in [-0.3, -0.25) is 0 Å². The molecule has 0 radical (unpaired) electrons. The minimum atomic E-state index is 0.628. The third kappa shape index (κ3) is 8.88. The Morgan fingerprint density at radius 3 is 2.27 bits per heavy atom. The molecule has 0 saturated heterocycles. The third-order valence-electron chi connectivity index (χ3n) is 3.13. The Hall–Kier alpha value is -0.0800. The molecular formula is C13H30N2. The summed E-state index contributed by atoms with van der Waals surface area (Å²) in [4.78, 5) is 2.26. The van der Waals surface area contributed by atoms with Gasteiger partial charge in [0.25, 0.3) is 0 Å². The Morgan fingerprint density at radius 2 is 1.73 bits per heavy atom. The van der Waals surface area contributed by atoms with Crippen LogP contribution in [0.15, 0.2) is 0 Å². The van der Waals surface area contributed by atoms with Gasteiger partial charge in [-0.1, -0.05) is 32.6 Å².